The molecule has 0 aliphatic rings. The number of benzene rings is 2. The Kier molecular flexibility index (Phi) is 5.38. The fourth-order valence-electron chi connectivity index (χ4n) is 2.75. The van der Waals surface area contributed by atoms with Crippen molar-refractivity contribution in [3.63, 3.8) is 0 Å². The fraction of sp³-hybridized carbons (Fsp3) is 0.250. The third kappa shape index (κ3) is 3.78. The van der Waals surface area contributed by atoms with E-state index in [2.05, 4.69) is 15.3 Å². The number of carboxylic acid groups (broad SMARTS) is 1. The molecule has 1 aromatic heterocycles. The van der Waals surface area contributed by atoms with Gasteiger partial charge >= 0.3 is 5.97 Å². The molecule has 3 rings (SSSR count). The minimum absolute atomic E-state index is 0.0415. The van der Waals surface area contributed by atoms with Gasteiger partial charge in [-0.25, -0.2) is 14.8 Å². The number of anilines is 1. The molecule has 0 spiro atoms. The maximum atomic E-state index is 11.7. The number of nitrogens with zero attached hydrogens (tertiary/aromatic N) is 2. The first-order valence-corrected chi connectivity index (χ1v) is 8.89. The van der Waals surface area contributed by atoms with E-state index in [1.807, 2.05) is 50.2 Å². The van der Waals surface area contributed by atoms with Crippen LogP contribution in [-0.2, 0) is 4.79 Å². The molecule has 0 saturated carbocycles. The van der Waals surface area contributed by atoms with Gasteiger partial charge in [-0.05, 0) is 42.3 Å². The van der Waals surface area contributed by atoms with Gasteiger partial charge in [-0.15, -0.1) is 0 Å². The van der Waals surface area contributed by atoms with Crippen LogP contribution in [0.5, 0.6) is 0 Å². The van der Waals surface area contributed by atoms with Crippen molar-refractivity contribution in [3.05, 3.63) is 53.6 Å². The zero-order valence-electron chi connectivity index (χ0n) is 14.6. The first-order chi connectivity index (χ1) is 12.5. The molecule has 6 heteroatoms. The molecule has 26 heavy (non-hydrogen) atoms. The second-order valence-corrected chi connectivity index (χ2v) is 6.70. The SMILES string of the molecule is CCC(C)C(Nc1nc(-c2ccc(Cl)cc2)nc2ccccc12)C(=O)O. The van der Waals surface area contributed by atoms with Crippen molar-refractivity contribution in [1.82, 2.24) is 9.97 Å². The lowest BCUT2D eigenvalue weighted by atomic mass is 9.99. The Morgan fingerprint density at radius 1 is 1.15 bits per heavy atom. The van der Waals surface area contributed by atoms with Gasteiger partial charge in [-0.2, -0.15) is 0 Å². The summed E-state index contributed by atoms with van der Waals surface area (Å²) in [5, 5.41) is 14.1. The van der Waals surface area contributed by atoms with Gasteiger partial charge in [0.05, 0.1) is 5.52 Å². The lowest BCUT2D eigenvalue weighted by molar-refractivity contribution is -0.139. The van der Waals surface area contributed by atoms with E-state index in [1.54, 1.807) is 12.1 Å². The van der Waals surface area contributed by atoms with Gasteiger partial charge in [0.2, 0.25) is 0 Å². The zero-order chi connectivity index (χ0) is 18.7. The van der Waals surface area contributed by atoms with Crippen molar-refractivity contribution in [3.8, 4) is 11.4 Å². The lowest BCUT2D eigenvalue weighted by Gasteiger charge is -2.21. The average molecular weight is 370 g/mol. The van der Waals surface area contributed by atoms with Gasteiger partial charge in [0.25, 0.3) is 0 Å². The van der Waals surface area contributed by atoms with Crippen LogP contribution in [0, 0.1) is 5.92 Å². The Hall–Kier alpha value is -2.66. The van der Waals surface area contributed by atoms with Crippen LogP contribution < -0.4 is 5.32 Å². The number of halogens is 1. The Morgan fingerprint density at radius 3 is 2.50 bits per heavy atom. The summed E-state index contributed by atoms with van der Waals surface area (Å²) < 4.78 is 0. The summed E-state index contributed by atoms with van der Waals surface area (Å²) in [6, 6.07) is 14.1. The molecule has 2 aromatic carbocycles. The number of fused-ring (bicyclic) bond motifs is 1. The van der Waals surface area contributed by atoms with Crippen LogP contribution in [0.2, 0.25) is 5.02 Å². The van der Waals surface area contributed by atoms with Gasteiger partial charge in [0.1, 0.15) is 11.9 Å². The number of aliphatic carboxylic acids is 1. The van der Waals surface area contributed by atoms with Crippen molar-refractivity contribution < 1.29 is 9.90 Å². The molecule has 134 valence electrons. The highest BCUT2D eigenvalue weighted by atomic mass is 35.5. The third-order valence-corrected chi connectivity index (χ3v) is 4.73. The van der Waals surface area contributed by atoms with Crippen molar-refractivity contribution in [1.29, 1.82) is 0 Å². The summed E-state index contributed by atoms with van der Waals surface area (Å²) in [5.74, 6) is 0.111. The Bertz CT molecular complexity index is 928. The van der Waals surface area contributed by atoms with Crippen LogP contribution in [0.1, 0.15) is 20.3 Å². The fourth-order valence-corrected chi connectivity index (χ4v) is 2.87. The molecular weight excluding hydrogens is 350 g/mol. The van der Waals surface area contributed by atoms with E-state index in [1.165, 1.54) is 0 Å². The molecule has 2 N–H and O–H groups in total. The Labute approximate surface area is 157 Å². The molecule has 0 aliphatic heterocycles. The van der Waals surface area contributed by atoms with E-state index in [0.717, 1.165) is 22.9 Å². The molecule has 0 amide bonds. The number of hydrogen-bond acceptors (Lipinski definition) is 4. The van der Waals surface area contributed by atoms with Crippen LogP contribution in [0.3, 0.4) is 0 Å². The molecule has 0 saturated heterocycles. The molecule has 0 aliphatic carbocycles. The monoisotopic (exact) mass is 369 g/mol. The second kappa shape index (κ2) is 7.70. The van der Waals surface area contributed by atoms with E-state index in [-0.39, 0.29) is 5.92 Å². The molecular formula is C20H20ClN3O2. The molecule has 0 bridgehead atoms. The quantitative estimate of drug-likeness (QED) is 0.648. The number of aromatic nitrogens is 2. The van der Waals surface area contributed by atoms with Crippen LogP contribution in [-0.4, -0.2) is 27.1 Å². The van der Waals surface area contributed by atoms with Crippen molar-refractivity contribution >= 4 is 34.3 Å². The predicted octanol–water partition coefficient (Wildman–Crippen LogP) is 4.86. The van der Waals surface area contributed by atoms with Crippen molar-refractivity contribution in [2.24, 2.45) is 5.92 Å². The minimum Gasteiger partial charge on any atom is -0.480 e. The number of carboxylic acids is 1. The van der Waals surface area contributed by atoms with E-state index in [9.17, 15) is 9.90 Å². The highest BCUT2D eigenvalue weighted by molar-refractivity contribution is 6.30. The van der Waals surface area contributed by atoms with Gasteiger partial charge in [-0.1, -0.05) is 44.0 Å². The van der Waals surface area contributed by atoms with Gasteiger partial charge < -0.3 is 10.4 Å². The molecule has 0 radical (unpaired) electrons. The van der Waals surface area contributed by atoms with Gasteiger partial charge in [0, 0.05) is 16.0 Å². The molecule has 3 aromatic rings. The largest absolute Gasteiger partial charge is 0.480 e. The average Bonchev–Trinajstić information content (AvgIpc) is 2.65. The lowest BCUT2D eigenvalue weighted by Crippen LogP contribution is -2.35. The highest BCUT2D eigenvalue weighted by Gasteiger charge is 2.25. The predicted molar refractivity (Wildman–Crippen MR) is 104 cm³/mol. The summed E-state index contributed by atoms with van der Waals surface area (Å²) >= 11 is 5.96. The summed E-state index contributed by atoms with van der Waals surface area (Å²) in [7, 11) is 0. The van der Waals surface area contributed by atoms with Crippen LogP contribution in [0.15, 0.2) is 48.5 Å². The van der Waals surface area contributed by atoms with E-state index in [4.69, 9.17) is 11.6 Å². The standard InChI is InChI=1S/C20H20ClN3O2/c1-3-12(2)17(20(25)26)23-19-15-6-4-5-7-16(15)22-18(24-19)13-8-10-14(21)11-9-13/h4-12,17H,3H2,1-2H3,(H,25,26)(H,22,23,24). The summed E-state index contributed by atoms with van der Waals surface area (Å²) in [6.45, 7) is 3.88. The number of carbonyl (C=O) groups is 1. The van der Waals surface area contributed by atoms with Crippen molar-refractivity contribution in [2.45, 2.75) is 26.3 Å². The zero-order valence-corrected chi connectivity index (χ0v) is 15.4. The molecule has 5 nitrogen and oxygen atoms in total. The Morgan fingerprint density at radius 2 is 1.85 bits per heavy atom. The Balaban J connectivity index is 2.10. The van der Waals surface area contributed by atoms with E-state index >= 15 is 0 Å². The van der Waals surface area contributed by atoms with Crippen molar-refractivity contribution in [2.75, 3.05) is 5.32 Å². The third-order valence-electron chi connectivity index (χ3n) is 4.48. The maximum Gasteiger partial charge on any atom is 0.326 e. The summed E-state index contributed by atoms with van der Waals surface area (Å²) in [5.41, 5.74) is 1.57. The van der Waals surface area contributed by atoms with E-state index < -0.39 is 12.0 Å². The second-order valence-electron chi connectivity index (χ2n) is 6.27. The first kappa shape index (κ1) is 18.1. The summed E-state index contributed by atoms with van der Waals surface area (Å²) in [4.78, 5) is 20.9. The molecule has 0 fully saturated rings. The normalized spacial score (nSPS) is 13.3. The smallest absolute Gasteiger partial charge is 0.326 e. The van der Waals surface area contributed by atoms with Crippen LogP contribution >= 0.6 is 11.6 Å². The number of hydrogen-bond donors (Lipinski definition) is 2. The molecule has 1 heterocycles. The van der Waals surface area contributed by atoms with Crippen LogP contribution in [0.25, 0.3) is 22.3 Å². The number of para-hydroxylation sites is 1. The number of rotatable bonds is 6. The maximum absolute atomic E-state index is 11.7. The topological polar surface area (TPSA) is 75.1 Å². The highest BCUT2D eigenvalue weighted by Crippen LogP contribution is 2.27. The van der Waals surface area contributed by atoms with E-state index in [0.29, 0.717) is 16.7 Å². The minimum atomic E-state index is -0.893. The van der Waals surface area contributed by atoms with Gasteiger partial charge in [-0.3, -0.25) is 0 Å². The van der Waals surface area contributed by atoms with Gasteiger partial charge in [0.15, 0.2) is 5.82 Å². The first-order valence-electron chi connectivity index (χ1n) is 8.51. The molecule has 2 atom stereocenters. The molecule has 2 unspecified atom stereocenters. The number of nitrogens with one attached hydrogen (secondary N) is 1. The summed E-state index contributed by atoms with van der Waals surface area (Å²) in [6.07, 6.45) is 0.747. The van der Waals surface area contributed by atoms with Crippen LogP contribution in [0.4, 0.5) is 5.82 Å².